The topological polar surface area (TPSA) is 405 Å². The molecule has 1 atom stereocenters. The van der Waals surface area contributed by atoms with Crippen molar-refractivity contribution in [2.24, 2.45) is 5.92 Å². The fourth-order valence-corrected chi connectivity index (χ4v) is 9.71. The maximum Gasteiger partial charge on any atom is 0.317 e. The van der Waals surface area contributed by atoms with E-state index >= 15 is 0 Å². The van der Waals surface area contributed by atoms with Crippen molar-refractivity contribution in [2.75, 3.05) is 164 Å². The maximum atomic E-state index is 13.0. The molecule has 31 heteroatoms. The molecule has 1 radical (unpaired) electrons. The number of carboxylic acids is 3. The molecule has 0 aliphatic carbocycles. The smallest absolute Gasteiger partial charge is 0.317 e. The number of carbonyl (C=O) groups excluding carboxylic acids is 3. The molecule has 3 amide bonds. The number of aromatic nitrogens is 3. The summed E-state index contributed by atoms with van der Waals surface area (Å²) in [5.74, 6) is -2.89. The Morgan fingerprint density at radius 3 is 1.64 bits per heavy atom. The summed E-state index contributed by atoms with van der Waals surface area (Å²) in [4.78, 5) is 89.1. The predicted octanol–water partition coefficient (Wildman–Crippen LogP) is 1.54. The van der Waals surface area contributed by atoms with Crippen LogP contribution in [0.5, 0.6) is 11.5 Å². The van der Waals surface area contributed by atoms with Crippen molar-refractivity contribution in [1.82, 2.24) is 55.4 Å². The number of aliphatic carboxylic acids is 3. The van der Waals surface area contributed by atoms with Gasteiger partial charge < -0.3 is 76.1 Å². The summed E-state index contributed by atoms with van der Waals surface area (Å²) in [6.45, 7) is 15.8. The molecule has 2 aliphatic heterocycles. The Bertz CT molecular complexity index is 2530. The quantitative estimate of drug-likeness (QED) is 0.0235. The Kier molecular flexibility index (Phi) is 40.4. The van der Waals surface area contributed by atoms with Crippen LogP contribution in [0.2, 0.25) is 0 Å². The number of hydrogen-bond donors (Lipinski definition) is 10. The number of nitrogens with one attached hydrogen (secondary N) is 4. The largest absolute Gasteiger partial charge is 0.676 e. The number of piperidine rings is 1. The number of ether oxygens (including phenoxy) is 4. The maximum absolute atomic E-state index is 13.0. The van der Waals surface area contributed by atoms with E-state index in [2.05, 4.69) is 25.7 Å². The van der Waals surface area contributed by atoms with Gasteiger partial charge in [-0.05, 0) is 73.8 Å². The molecule has 1 unspecified atom stereocenters. The van der Waals surface area contributed by atoms with Gasteiger partial charge in [0, 0.05) is 156 Å². The number of hydroxylamine groups is 1. The number of benzene rings is 2. The molecule has 3 aromatic rings. The average molecular weight is 1340 g/mol. The molecule has 2 aromatic carbocycles. The number of aromatic hydroxyl groups is 2. The van der Waals surface area contributed by atoms with Crippen LogP contribution in [0, 0.1) is 5.92 Å². The van der Waals surface area contributed by atoms with Crippen molar-refractivity contribution in [1.29, 1.82) is 0 Å². The number of rotatable bonds is 33. The molecule has 2 saturated heterocycles. The normalized spacial score (nSPS) is 15.2. The minimum atomic E-state index is -0.999. The SMILES string of the molecule is CC(=O)N1CCC(Cc2ccc(-n3c(C(=O)NCCNO)nnc3-c3cc(C(C)C)c(O)cc3O)cc2)CC1.CC(CCC(=O)NCCOCCOCCOCCOCC[NH-])N1CCN(CC(=O)O)CCN(CC(=O)O)CCN(CC(=O)O)CC1.O=CO.[Y]. The van der Waals surface area contributed by atoms with Crippen molar-refractivity contribution in [3.8, 4) is 28.6 Å². The van der Waals surface area contributed by atoms with E-state index < -0.39 is 23.8 Å². The fourth-order valence-electron chi connectivity index (χ4n) is 9.71. The van der Waals surface area contributed by atoms with E-state index in [9.17, 15) is 54.3 Å². The van der Waals surface area contributed by atoms with E-state index in [1.807, 2.05) is 55.4 Å². The van der Waals surface area contributed by atoms with E-state index in [1.54, 1.807) is 32.3 Å². The number of carboxylic acid groups (broad SMARTS) is 4. The molecule has 2 fully saturated rings. The van der Waals surface area contributed by atoms with Gasteiger partial charge in [0.25, 0.3) is 12.4 Å². The van der Waals surface area contributed by atoms with Crippen molar-refractivity contribution in [3.63, 3.8) is 0 Å². The van der Waals surface area contributed by atoms with Crippen LogP contribution in [-0.2, 0) is 86.8 Å². The molecule has 5 rings (SSSR count). The molecular weight excluding hydrogens is 1240 g/mol. The minimum Gasteiger partial charge on any atom is -0.676 e. The van der Waals surface area contributed by atoms with Gasteiger partial charge in [-0.2, -0.15) is 0 Å². The zero-order valence-electron chi connectivity index (χ0n) is 51.8. The van der Waals surface area contributed by atoms with Gasteiger partial charge in [-0.1, -0.05) is 26.0 Å². The third-order valence-corrected chi connectivity index (χ3v) is 14.5. The first-order chi connectivity index (χ1) is 42.2. The number of amides is 3. The molecule has 89 heavy (non-hydrogen) atoms. The molecule has 3 heterocycles. The number of phenolic OH excluding ortho intramolecular Hbond substituents is 2. The number of likely N-dealkylation sites (tertiary alicyclic amines) is 1. The summed E-state index contributed by atoms with van der Waals surface area (Å²) in [6, 6.07) is 10.7. The van der Waals surface area contributed by atoms with Gasteiger partial charge in [0.1, 0.15) is 11.5 Å². The van der Waals surface area contributed by atoms with Crippen LogP contribution in [0.15, 0.2) is 36.4 Å². The zero-order valence-corrected chi connectivity index (χ0v) is 54.6. The first-order valence-corrected chi connectivity index (χ1v) is 29.6. The minimum absolute atomic E-state index is 0. The predicted molar refractivity (Wildman–Crippen MR) is 322 cm³/mol. The van der Waals surface area contributed by atoms with E-state index in [-0.39, 0.29) is 132 Å². The molecule has 2 aliphatic rings. The number of nitrogens with zero attached hydrogens (tertiary/aromatic N) is 8. The first kappa shape index (κ1) is 79.2. The summed E-state index contributed by atoms with van der Waals surface area (Å²) in [5, 5.41) is 78.8. The van der Waals surface area contributed by atoms with Crippen LogP contribution in [0.4, 0.5) is 0 Å². The van der Waals surface area contributed by atoms with Crippen LogP contribution in [-0.4, -0.2) is 287 Å². The van der Waals surface area contributed by atoms with Gasteiger partial charge in [0.15, 0.2) is 5.82 Å². The summed E-state index contributed by atoms with van der Waals surface area (Å²) in [5.41, 5.74) is 11.7. The molecule has 0 spiro atoms. The van der Waals surface area contributed by atoms with Gasteiger partial charge in [-0.15, -0.1) is 16.7 Å². The molecule has 0 saturated carbocycles. The molecule has 30 nitrogen and oxygen atoms in total. The van der Waals surface area contributed by atoms with Crippen LogP contribution < -0.4 is 16.1 Å². The Hall–Kier alpha value is -5.87. The number of phenols is 2. The van der Waals surface area contributed by atoms with E-state index in [4.69, 9.17) is 39.8 Å². The van der Waals surface area contributed by atoms with Crippen LogP contribution >= 0.6 is 0 Å². The van der Waals surface area contributed by atoms with Crippen molar-refractivity contribution >= 4 is 42.1 Å². The molecule has 1 aromatic heterocycles. The van der Waals surface area contributed by atoms with Crippen molar-refractivity contribution in [2.45, 2.75) is 71.8 Å². The standard InChI is InChI=1S/C29H55N6O11.C28H36N6O5.CH2O2.Y/c1-25(2-3-26(36)31-5-15-44-17-19-46-21-20-45-18-16-43-14-4-30)35-12-10-33(23-28(39)40)8-6-32(22-27(37)38)7-9-34(11-13-35)24-29(41)42;1-17(2)22-15-23(25(37)16-24(22)36)26-31-32-27(28(38)29-10-11-30-39)34(26)21-6-4-19(5-7-21)14-20-8-12-33(13-9-20)18(3)35;2-1-3;/h25,30H,2-24H2,1H3,(H,31,36)(H,37,38)(H,39,40)(H,41,42);4-7,15-17,20,30,36-37,39H,8-14H2,1-3H3,(H,29,38);1H,(H,2,3);/q-1;;;. The molecular formula is C58H93N12O18Y-. The summed E-state index contributed by atoms with van der Waals surface area (Å²) in [6.07, 6.45) is 3.66. The molecule has 497 valence electrons. The summed E-state index contributed by atoms with van der Waals surface area (Å²) >= 11 is 0. The van der Waals surface area contributed by atoms with Gasteiger partial charge in [-0.3, -0.25) is 57.7 Å². The van der Waals surface area contributed by atoms with E-state index in [0.29, 0.717) is 141 Å². The zero-order chi connectivity index (χ0) is 64.8. The number of hydrogen-bond acceptors (Lipinski definition) is 21. The molecule has 11 N–H and O–H groups in total. The average Bonchev–Trinajstić information content (AvgIpc) is 1.96. The van der Waals surface area contributed by atoms with Crippen LogP contribution in [0.1, 0.15) is 81.0 Å². The van der Waals surface area contributed by atoms with Gasteiger partial charge in [0.2, 0.25) is 17.6 Å². The second-order valence-electron chi connectivity index (χ2n) is 21.3. The summed E-state index contributed by atoms with van der Waals surface area (Å²) < 4.78 is 23.0. The monoisotopic (exact) mass is 1330 g/mol. The number of carbonyl (C=O) groups is 7. The molecule has 0 bridgehead atoms. The Labute approximate surface area is 545 Å². The Morgan fingerprint density at radius 2 is 1.17 bits per heavy atom. The van der Waals surface area contributed by atoms with Gasteiger partial charge >= 0.3 is 17.9 Å². The van der Waals surface area contributed by atoms with Crippen molar-refractivity contribution < 1.29 is 121 Å². The van der Waals surface area contributed by atoms with Crippen molar-refractivity contribution in [3.05, 3.63) is 59.1 Å². The van der Waals surface area contributed by atoms with E-state index in [0.717, 1.165) is 37.9 Å². The second kappa shape index (κ2) is 45.4. The Balaban J connectivity index is 0.000000580. The Morgan fingerprint density at radius 1 is 0.674 bits per heavy atom. The van der Waals surface area contributed by atoms with E-state index in [1.165, 1.54) is 6.07 Å². The van der Waals surface area contributed by atoms with Gasteiger partial charge in [0.05, 0.1) is 71.4 Å². The summed E-state index contributed by atoms with van der Waals surface area (Å²) in [7, 11) is 0. The second-order valence-corrected chi connectivity index (χ2v) is 21.3. The van der Waals surface area contributed by atoms with Gasteiger partial charge in [-0.25, -0.2) is 5.48 Å². The fraction of sp³-hybridized carbons (Fsp3) is 0.638. The van der Waals surface area contributed by atoms with Crippen LogP contribution in [0.25, 0.3) is 22.8 Å². The third kappa shape index (κ3) is 31.6. The first-order valence-electron chi connectivity index (χ1n) is 29.6. The van der Waals surface area contributed by atoms with Crippen LogP contribution in [0.3, 0.4) is 0 Å². The third-order valence-electron chi connectivity index (χ3n) is 14.5.